The van der Waals surface area contributed by atoms with Gasteiger partial charge < -0.3 is 14.5 Å². The van der Waals surface area contributed by atoms with Crippen LogP contribution >= 0.6 is 11.3 Å². The van der Waals surface area contributed by atoms with Crippen molar-refractivity contribution in [2.45, 2.75) is 20.8 Å². The van der Waals surface area contributed by atoms with E-state index < -0.39 is 11.5 Å². The normalized spacial score (nSPS) is 10.5. The first-order valence-corrected chi connectivity index (χ1v) is 8.78. The van der Waals surface area contributed by atoms with Gasteiger partial charge in [-0.1, -0.05) is 0 Å². The van der Waals surface area contributed by atoms with E-state index in [0.717, 1.165) is 16.5 Å². The van der Waals surface area contributed by atoms with Gasteiger partial charge in [0.25, 0.3) is 5.91 Å². The third-order valence-electron chi connectivity index (χ3n) is 4.00. The van der Waals surface area contributed by atoms with Crippen molar-refractivity contribution in [1.82, 2.24) is 0 Å². The highest BCUT2D eigenvalue weighted by Crippen LogP contribution is 2.32. The van der Waals surface area contributed by atoms with E-state index in [4.69, 9.17) is 9.15 Å². The lowest BCUT2D eigenvalue weighted by atomic mass is 10.1. The number of nitriles is 1. The van der Waals surface area contributed by atoms with Crippen LogP contribution < -0.4 is 15.7 Å². The molecule has 0 atom stereocenters. The van der Waals surface area contributed by atoms with Crippen molar-refractivity contribution in [2.24, 2.45) is 0 Å². The molecular weight excluding hydrogens is 352 g/mol. The van der Waals surface area contributed by atoms with E-state index in [9.17, 15) is 14.9 Å². The summed E-state index contributed by atoms with van der Waals surface area (Å²) in [6.45, 7) is 6.05. The number of rotatable bonds is 4. The van der Waals surface area contributed by atoms with Crippen LogP contribution in [0.2, 0.25) is 0 Å². The number of hydrogen-bond donors (Lipinski definition) is 1. The van der Waals surface area contributed by atoms with Gasteiger partial charge in [0.05, 0.1) is 17.7 Å². The van der Waals surface area contributed by atoms with Crippen molar-refractivity contribution in [3.05, 3.63) is 56.3 Å². The van der Waals surface area contributed by atoms with Crippen LogP contribution in [0, 0.1) is 25.2 Å². The quantitative estimate of drug-likeness (QED) is 0.703. The second kappa shape index (κ2) is 7.02. The number of carbonyl (C=O) groups excluding carboxylic acids is 1. The summed E-state index contributed by atoms with van der Waals surface area (Å²) in [6.07, 6.45) is 0. The Hall–Kier alpha value is -3.11. The molecule has 2 aromatic heterocycles. The van der Waals surface area contributed by atoms with Crippen molar-refractivity contribution in [3.8, 4) is 11.8 Å². The van der Waals surface area contributed by atoms with Gasteiger partial charge in [0, 0.05) is 22.4 Å². The number of hydrogen-bond acceptors (Lipinski definition) is 6. The first kappa shape index (κ1) is 17.7. The molecule has 7 heteroatoms. The number of anilines is 1. The largest absolute Gasteiger partial charge is 0.494 e. The number of amides is 1. The molecule has 0 aliphatic heterocycles. The molecule has 0 saturated carbocycles. The Labute approximate surface area is 153 Å². The van der Waals surface area contributed by atoms with Gasteiger partial charge in [-0.15, -0.1) is 11.3 Å². The SMILES string of the molecule is CCOc1ccc2c(C(=O)Nc3sc(C)c(C)c3C#N)cc(=O)oc2c1. The summed E-state index contributed by atoms with van der Waals surface area (Å²) in [7, 11) is 0. The van der Waals surface area contributed by atoms with Crippen LogP contribution in [-0.2, 0) is 0 Å². The van der Waals surface area contributed by atoms with Gasteiger partial charge in [0.15, 0.2) is 0 Å². The van der Waals surface area contributed by atoms with Crippen molar-refractivity contribution in [2.75, 3.05) is 11.9 Å². The molecule has 0 saturated heterocycles. The second-order valence-electron chi connectivity index (χ2n) is 5.62. The predicted molar refractivity (Wildman–Crippen MR) is 100 cm³/mol. The minimum atomic E-state index is -0.629. The first-order chi connectivity index (χ1) is 12.4. The smallest absolute Gasteiger partial charge is 0.337 e. The molecule has 3 aromatic rings. The van der Waals surface area contributed by atoms with E-state index in [2.05, 4.69) is 11.4 Å². The number of thiophene rings is 1. The van der Waals surface area contributed by atoms with E-state index >= 15 is 0 Å². The highest BCUT2D eigenvalue weighted by molar-refractivity contribution is 7.16. The summed E-state index contributed by atoms with van der Waals surface area (Å²) < 4.78 is 10.6. The van der Waals surface area contributed by atoms with Crippen molar-refractivity contribution >= 4 is 33.2 Å². The first-order valence-electron chi connectivity index (χ1n) is 7.96. The summed E-state index contributed by atoms with van der Waals surface area (Å²) in [4.78, 5) is 25.6. The minimum Gasteiger partial charge on any atom is -0.494 e. The van der Waals surface area contributed by atoms with Gasteiger partial charge in [-0.25, -0.2) is 4.79 Å². The van der Waals surface area contributed by atoms with Crippen LogP contribution in [0.15, 0.2) is 33.5 Å². The fourth-order valence-electron chi connectivity index (χ4n) is 2.61. The van der Waals surface area contributed by atoms with E-state index in [1.807, 2.05) is 20.8 Å². The maximum Gasteiger partial charge on any atom is 0.337 e. The number of carbonyl (C=O) groups is 1. The second-order valence-corrected chi connectivity index (χ2v) is 6.85. The number of aryl methyl sites for hydroxylation is 1. The minimum absolute atomic E-state index is 0.187. The van der Waals surface area contributed by atoms with Gasteiger partial charge in [0.2, 0.25) is 0 Å². The molecule has 0 aliphatic rings. The molecule has 0 spiro atoms. The molecular formula is C19H16N2O4S. The van der Waals surface area contributed by atoms with Crippen LogP contribution in [0.1, 0.15) is 33.3 Å². The topological polar surface area (TPSA) is 92.3 Å². The highest BCUT2D eigenvalue weighted by atomic mass is 32.1. The molecule has 3 rings (SSSR count). The van der Waals surface area contributed by atoms with Crippen molar-refractivity contribution in [1.29, 1.82) is 5.26 Å². The number of benzene rings is 1. The Morgan fingerprint density at radius 2 is 2.12 bits per heavy atom. The average Bonchev–Trinajstić information content (AvgIpc) is 2.87. The fourth-order valence-corrected chi connectivity index (χ4v) is 3.61. The molecule has 1 amide bonds. The molecule has 0 radical (unpaired) electrons. The maximum absolute atomic E-state index is 12.8. The van der Waals surface area contributed by atoms with Crippen molar-refractivity contribution < 1.29 is 13.9 Å². The Morgan fingerprint density at radius 3 is 2.81 bits per heavy atom. The maximum atomic E-state index is 12.8. The summed E-state index contributed by atoms with van der Waals surface area (Å²) in [5.74, 6) is 0.0850. The number of nitrogens with zero attached hydrogens (tertiary/aromatic N) is 1. The molecule has 0 bridgehead atoms. The highest BCUT2D eigenvalue weighted by Gasteiger charge is 2.18. The zero-order valence-corrected chi connectivity index (χ0v) is 15.3. The fraction of sp³-hybridized carbons (Fsp3) is 0.211. The number of ether oxygens (including phenoxy) is 1. The van der Waals surface area contributed by atoms with Crippen LogP contribution in [0.5, 0.6) is 5.75 Å². The number of fused-ring (bicyclic) bond motifs is 1. The lowest BCUT2D eigenvalue weighted by molar-refractivity contribution is 0.102. The lowest BCUT2D eigenvalue weighted by Crippen LogP contribution is -2.15. The Morgan fingerprint density at radius 1 is 1.35 bits per heavy atom. The summed E-state index contributed by atoms with van der Waals surface area (Å²) in [5.41, 5.74) is 1.10. The van der Waals surface area contributed by atoms with Gasteiger partial charge >= 0.3 is 5.63 Å². The zero-order valence-electron chi connectivity index (χ0n) is 14.5. The molecule has 0 aliphatic carbocycles. The zero-order chi connectivity index (χ0) is 18.8. The lowest BCUT2D eigenvalue weighted by Gasteiger charge is -2.08. The van der Waals surface area contributed by atoms with E-state index in [1.54, 1.807) is 18.2 Å². The third-order valence-corrected chi connectivity index (χ3v) is 5.12. The Balaban J connectivity index is 2.05. The Bertz CT molecular complexity index is 1110. The van der Waals surface area contributed by atoms with Gasteiger partial charge in [-0.3, -0.25) is 4.79 Å². The average molecular weight is 368 g/mol. The van der Waals surface area contributed by atoms with E-state index in [-0.39, 0.29) is 11.1 Å². The molecule has 132 valence electrons. The summed E-state index contributed by atoms with van der Waals surface area (Å²) in [6, 6.07) is 8.23. The van der Waals surface area contributed by atoms with Crippen LogP contribution in [0.3, 0.4) is 0 Å². The molecule has 1 N–H and O–H groups in total. The summed E-state index contributed by atoms with van der Waals surface area (Å²) in [5, 5.41) is 13.0. The Kier molecular flexibility index (Phi) is 4.78. The van der Waals surface area contributed by atoms with Gasteiger partial charge in [-0.05, 0) is 38.5 Å². The van der Waals surface area contributed by atoms with E-state index in [1.165, 1.54) is 11.3 Å². The molecule has 26 heavy (non-hydrogen) atoms. The van der Waals surface area contributed by atoms with Crippen LogP contribution in [0.25, 0.3) is 11.0 Å². The van der Waals surface area contributed by atoms with Gasteiger partial charge in [0.1, 0.15) is 22.4 Å². The van der Waals surface area contributed by atoms with Crippen molar-refractivity contribution in [3.63, 3.8) is 0 Å². The molecule has 2 heterocycles. The molecule has 6 nitrogen and oxygen atoms in total. The van der Waals surface area contributed by atoms with E-state index in [0.29, 0.717) is 28.3 Å². The number of nitrogens with one attached hydrogen (secondary N) is 1. The standard InChI is InChI=1S/C19H16N2O4S/c1-4-24-12-5-6-13-14(8-17(22)25-16(13)7-12)18(23)21-19-15(9-20)10(2)11(3)26-19/h5-8H,4H2,1-3H3,(H,21,23). The third kappa shape index (κ3) is 3.19. The monoisotopic (exact) mass is 368 g/mol. The van der Waals surface area contributed by atoms with Gasteiger partial charge in [-0.2, -0.15) is 5.26 Å². The predicted octanol–water partition coefficient (Wildman–Crippen LogP) is 3.99. The molecule has 0 unspecified atom stereocenters. The molecule has 0 fully saturated rings. The van der Waals surface area contributed by atoms with Crippen LogP contribution in [-0.4, -0.2) is 12.5 Å². The molecule has 1 aromatic carbocycles. The summed E-state index contributed by atoms with van der Waals surface area (Å²) >= 11 is 1.33. The van der Waals surface area contributed by atoms with Crippen LogP contribution in [0.4, 0.5) is 5.00 Å².